The number of amides is 1. The van der Waals surface area contributed by atoms with Gasteiger partial charge in [0.15, 0.2) is 0 Å². The molecule has 0 aliphatic carbocycles. The van der Waals surface area contributed by atoms with Crippen LogP contribution in [0.4, 0.5) is 0 Å². The predicted molar refractivity (Wildman–Crippen MR) is 111 cm³/mol. The van der Waals surface area contributed by atoms with E-state index in [1.165, 1.54) is 18.4 Å². The van der Waals surface area contributed by atoms with Crippen LogP contribution in [-0.4, -0.2) is 40.6 Å². The van der Waals surface area contributed by atoms with Crippen molar-refractivity contribution in [2.45, 2.75) is 25.8 Å². The van der Waals surface area contributed by atoms with Gasteiger partial charge in [-0.2, -0.15) is 4.98 Å². The molecule has 1 aromatic heterocycles. The van der Waals surface area contributed by atoms with Gasteiger partial charge in [-0.3, -0.25) is 9.69 Å². The lowest BCUT2D eigenvalue weighted by Gasteiger charge is -2.32. The molecule has 1 fully saturated rings. The van der Waals surface area contributed by atoms with Crippen LogP contribution in [0.25, 0.3) is 11.5 Å². The van der Waals surface area contributed by atoms with Gasteiger partial charge < -0.3 is 9.84 Å². The molecule has 29 heavy (non-hydrogen) atoms. The highest BCUT2D eigenvalue weighted by Crippen LogP contribution is 2.21. The Morgan fingerprint density at radius 1 is 1.03 bits per heavy atom. The zero-order valence-corrected chi connectivity index (χ0v) is 16.5. The third-order valence-corrected chi connectivity index (χ3v) is 5.44. The Morgan fingerprint density at radius 2 is 1.72 bits per heavy atom. The van der Waals surface area contributed by atoms with Crippen LogP contribution in [0, 0.1) is 5.92 Å². The number of rotatable bonds is 7. The predicted octanol–water partition coefficient (Wildman–Crippen LogP) is 3.77. The van der Waals surface area contributed by atoms with E-state index in [-0.39, 0.29) is 11.7 Å². The summed E-state index contributed by atoms with van der Waals surface area (Å²) >= 11 is 0. The van der Waals surface area contributed by atoms with Gasteiger partial charge in [-0.05, 0) is 56.0 Å². The minimum absolute atomic E-state index is 0.0848. The fourth-order valence-corrected chi connectivity index (χ4v) is 3.76. The van der Waals surface area contributed by atoms with E-state index in [4.69, 9.17) is 4.52 Å². The topological polar surface area (TPSA) is 71.3 Å². The molecule has 1 amide bonds. The molecule has 3 aromatic rings. The van der Waals surface area contributed by atoms with Gasteiger partial charge in [-0.25, -0.2) is 0 Å². The minimum Gasteiger partial charge on any atom is -0.349 e. The monoisotopic (exact) mass is 390 g/mol. The molecule has 0 radical (unpaired) electrons. The smallest absolute Gasteiger partial charge is 0.292 e. The number of benzene rings is 2. The van der Waals surface area contributed by atoms with Gasteiger partial charge >= 0.3 is 0 Å². The van der Waals surface area contributed by atoms with E-state index < -0.39 is 0 Å². The van der Waals surface area contributed by atoms with E-state index >= 15 is 0 Å². The molecule has 0 saturated carbocycles. The highest BCUT2D eigenvalue weighted by Gasteiger charge is 2.20. The average molecular weight is 390 g/mol. The summed E-state index contributed by atoms with van der Waals surface area (Å²) in [6.45, 7) is 3.88. The third-order valence-electron chi connectivity index (χ3n) is 5.44. The zero-order valence-electron chi connectivity index (χ0n) is 16.5. The molecule has 2 aromatic carbocycles. The molecular weight excluding hydrogens is 364 g/mol. The fraction of sp³-hybridized carbons (Fsp3) is 0.348. The van der Waals surface area contributed by atoms with Gasteiger partial charge in [-0.15, -0.1) is 0 Å². The van der Waals surface area contributed by atoms with Crippen molar-refractivity contribution in [3.63, 3.8) is 0 Å². The molecule has 0 atom stereocenters. The molecule has 1 saturated heterocycles. The van der Waals surface area contributed by atoms with Gasteiger partial charge in [0.1, 0.15) is 0 Å². The van der Waals surface area contributed by atoms with Crippen molar-refractivity contribution in [2.75, 3.05) is 19.6 Å². The molecule has 150 valence electrons. The van der Waals surface area contributed by atoms with E-state index in [1.54, 1.807) is 0 Å². The Hall–Kier alpha value is -2.99. The maximum Gasteiger partial charge on any atom is 0.292 e. The Bertz CT molecular complexity index is 903. The van der Waals surface area contributed by atoms with Crippen LogP contribution >= 0.6 is 0 Å². The van der Waals surface area contributed by atoms with Crippen molar-refractivity contribution >= 4 is 5.91 Å². The first kappa shape index (κ1) is 19.3. The highest BCUT2D eigenvalue weighted by molar-refractivity contribution is 5.90. The summed E-state index contributed by atoms with van der Waals surface area (Å²) in [5.74, 6) is 0.813. The van der Waals surface area contributed by atoms with Crippen LogP contribution in [0.1, 0.15) is 35.4 Å². The molecular formula is C23H26N4O2. The minimum atomic E-state index is -0.280. The Morgan fingerprint density at radius 3 is 2.45 bits per heavy atom. The van der Waals surface area contributed by atoms with Crippen molar-refractivity contribution < 1.29 is 9.32 Å². The average Bonchev–Trinajstić information content (AvgIpc) is 3.27. The van der Waals surface area contributed by atoms with Crippen LogP contribution in [0.15, 0.2) is 65.2 Å². The molecule has 6 heteroatoms. The van der Waals surface area contributed by atoms with E-state index in [1.807, 2.05) is 30.3 Å². The van der Waals surface area contributed by atoms with Crippen LogP contribution < -0.4 is 5.32 Å². The standard InChI is InChI=1S/C23H26N4O2/c28-22(21-25-23(29-26-21)20-9-5-2-6-10-20)24-14-11-18-12-15-27(16-13-18)17-19-7-3-1-4-8-19/h1-10,18H,11-17H2,(H,24,28). The summed E-state index contributed by atoms with van der Waals surface area (Å²) in [7, 11) is 0. The van der Waals surface area contributed by atoms with Crippen LogP contribution in [0.5, 0.6) is 0 Å². The number of hydrogen-bond acceptors (Lipinski definition) is 5. The Kier molecular flexibility index (Phi) is 6.32. The molecule has 1 N–H and O–H groups in total. The quantitative estimate of drug-likeness (QED) is 0.665. The second-order valence-corrected chi connectivity index (χ2v) is 7.54. The summed E-state index contributed by atoms with van der Waals surface area (Å²) in [4.78, 5) is 19.0. The molecule has 2 heterocycles. The van der Waals surface area contributed by atoms with E-state index in [0.717, 1.165) is 31.6 Å². The summed E-state index contributed by atoms with van der Waals surface area (Å²) in [5, 5.41) is 6.73. The molecule has 0 unspecified atom stereocenters. The first-order chi connectivity index (χ1) is 14.3. The van der Waals surface area contributed by atoms with Crippen LogP contribution in [0.3, 0.4) is 0 Å². The first-order valence-electron chi connectivity index (χ1n) is 10.2. The molecule has 1 aliphatic rings. The summed E-state index contributed by atoms with van der Waals surface area (Å²) in [5.41, 5.74) is 2.18. The van der Waals surface area contributed by atoms with Gasteiger partial charge in [-0.1, -0.05) is 53.7 Å². The van der Waals surface area contributed by atoms with Crippen molar-refractivity contribution in [1.82, 2.24) is 20.4 Å². The second-order valence-electron chi connectivity index (χ2n) is 7.54. The number of nitrogens with one attached hydrogen (secondary N) is 1. The van der Waals surface area contributed by atoms with Gasteiger partial charge in [0, 0.05) is 18.7 Å². The first-order valence-corrected chi connectivity index (χ1v) is 10.2. The lowest BCUT2D eigenvalue weighted by molar-refractivity contribution is 0.0934. The number of hydrogen-bond donors (Lipinski definition) is 1. The van der Waals surface area contributed by atoms with Gasteiger partial charge in [0.05, 0.1) is 0 Å². The number of nitrogens with zero attached hydrogens (tertiary/aromatic N) is 3. The number of carbonyl (C=O) groups excluding carboxylic acids is 1. The number of carbonyl (C=O) groups is 1. The van der Waals surface area contributed by atoms with Crippen molar-refractivity contribution in [1.29, 1.82) is 0 Å². The SMILES string of the molecule is O=C(NCCC1CCN(Cc2ccccc2)CC1)c1noc(-c2ccccc2)n1. The molecule has 1 aliphatic heterocycles. The van der Waals surface area contributed by atoms with Crippen LogP contribution in [-0.2, 0) is 6.54 Å². The van der Waals surface area contributed by atoms with E-state index in [9.17, 15) is 4.79 Å². The number of aromatic nitrogens is 2. The third kappa shape index (κ3) is 5.29. The van der Waals surface area contributed by atoms with Gasteiger partial charge in [0.2, 0.25) is 0 Å². The largest absolute Gasteiger partial charge is 0.349 e. The lowest BCUT2D eigenvalue weighted by Crippen LogP contribution is -2.35. The molecule has 0 bridgehead atoms. The maximum atomic E-state index is 12.3. The lowest BCUT2D eigenvalue weighted by atomic mass is 9.93. The second kappa shape index (κ2) is 9.47. The number of piperidine rings is 1. The zero-order chi connectivity index (χ0) is 19.9. The Labute approximate surface area is 170 Å². The summed E-state index contributed by atoms with van der Waals surface area (Å²) in [6.07, 6.45) is 3.32. The molecule has 6 nitrogen and oxygen atoms in total. The molecule has 4 rings (SSSR count). The fourth-order valence-electron chi connectivity index (χ4n) is 3.76. The van der Waals surface area contributed by atoms with Crippen molar-refractivity contribution in [3.05, 3.63) is 72.1 Å². The highest BCUT2D eigenvalue weighted by atomic mass is 16.5. The summed E-state index contributed by atoms with van der Waals surface area (Å²) in [6, 6.07) is 20.1. The van der Waals surface area contributed by atoms with Gasteiger partial charge in [0.25, 0.3) is 17.6 Å². The van der Waals surface area contributed by atoms with Crippen LogP contribution in [0.2, 0.25) is 0 Å². The normalized spacial score (nSPS) is 15.3. The maximum absolute atomic E-state index is 12.3. The van der Waals surface area contributed by atoms with Crippen molar-refractivity contribution in [2.24, 2.45) is 5.92 Å². The summed E-state index contributed by atoms with van der Waals surface area (Å²) < 4.78 is 5.20. The Balaban J connectivity index is 1.18. The van der Waals surface area contributed by atoms with E-state index in [2.05, 4.69) is 50.7 Å². The molecule has 0 spiro atoms. The van der Waals surface area contributed by atoms with E-state index in [0.29, 0.717) is 18.4 Å². The van der Waals surface area contributed by atoms with Crippen molar-refractivity contribution in [3.8, 4) is 11.5 Å². The number of likely N-dealkylation sites (tertiary alicyclic amines) is 1.